The van der Waals surface area contributed by atoms with Crippen molar-refractivity contribution in [1.82, 2.24) is 14.3 Å². The van der Waals surface area contributed by atoms with Gasteiger partial charge in [0.05, 0.1) is 19.1 Å². The maximum atomic E-state index is 13.1. The molecule has 208 valence electrons. The number of hydrogen-bond acceptors (Lipinski definition) is 7. The van der Waals surface area contributed by atoms with E-state index in [1.165, 1.54) is 0 Å². The molecule has 5 aromatic rings. The van der Waals surface area contributed by atoms with Crippen molar-refractivity contribution in [2.45, 2.75) is 12.8 Å². The Morgan fingerprint density at radius 3 is 2.73 bits per heavy atom. The largest absolute Gasteiger partial charge is 0.378 e. The number of rotatable bonds is 5. The molecular weight excluding hydrogens is 538 g/mol. The number of fused-ring (bicyclic) bond motifs is 4. The van der Waals surface area contributed by atoms with Gasteiger partial charge in [0.15, 0.2) is 0 Å². The van der Waals surface area contributed by atoms with E-state index in [0.717, 1.165) is 56.2 Å². The number of ether oxygens (including phenoxy) is 1. The van der Waals surface area contributed by atoms with Crippen molar-refractivity contribution < 1.29 is 14.3 Å². The number of pyridine rings is 1. The molecule has 3 aromatic heterocycles. The van der Waals surface area contributed by atoms with Crippen molar-refractivity contribution in [2.24, 2.45) is 5.92 Å². The smallest absolute Gasteiger partial charge is 0.259 e. The van der Waals surface area contributed by atoms with Crippen LogP contribution in [0.1, 0.15) is 12.8 Å². The molecule has 7 rings (SSSR count). The lowest BCUT2D eigenvalue weighted by atomic mass is 9.97. The van der Waals surface area contributed by atoms with Gasteiger partial charge in [-0.1, -0.05) is 18.2 Å². The summed E-state index contributed by atoms with van der Waals surface area (Å²) >= 11 is 1.69. The number of hydrogen-bond donors (Lipinski definition) is 1. The molecule has 2 fully saturated rings. The molecule has 0 spiro atoms. The molecule has 9 nitrogen and oxygen atoms in total. The van der Waals surface area contributed by atoms with Crippen LogP contribution >= 0.6 is 11.3 Å². The highest BCUT2D eigenvalue weighted by Crippen LogP contribution is 2.41. The van der Waals surface area contributed by atoms with E-state index in [2.05, 4.69) is 22.3 Å². The quantitative estimate of drug-likeness (QED) is 0.317. The first-order valence-corrected chi connectivity index (χ1v) is 14.7. The van der Waals surface area contributed by atoms with E-state index >= 15 is 0 Å². The summed E-state index contributed by atoms with van der Waals surface area (Å²) in [6, 6.07) is 17.7. The highest BCUT2D eigenvalue weighted by molar-refractivity contribution is 7.26. The van der Waals surface area contributed by atoms with Crippen LogP contribution in [0.2, 0.25) is 0 Å². The second-order valence-corrected chi connectivity index (χ2v) is 11.6. The Morgan fingerprint density at radius 2 is 1.88 bits per heavy atom. The third kappa shape index (κ3) is 4.72. The summed E-state index contributed by atoms with van der Waals surface area (Å²) in [7, 11) is 0. The van der Waals surface area contributed by atoms with E-state index in [1.807, 2.05) is 36.4 Å². The zero-order valence-electron chi connectivity index (χ0n) is 22.4. The van der Waals surface area contributed by atoms with Crippen LogP contribution < -0.4 is 15.8 Å². The van der Waals surface area contributed by atoms with Gasteiger partial charge < -0.3 is 19.9 Å². The standard InChI is InChI=1S/C31H29N5O4S/c37-19-34-10-2-4-20(18-34)31(39)32-21-8-9-26-25(16-21)23-6-1-5-22(29(23)41-26)24-7-3-11-36-28(38)17-27(33-30(24)36)35-12-14-40-15-13-35/h1,3,5-9,11,16-17,19-20H,2,4,10,12-15,18H2,(H,32,39). The Hall–Kier alpha value is -4.28. The molecule has 41 heavy (non-hydrogen) atoms. The number of amides is 2. The average Bonchev–Trinajstić information content (AvgIpc) is 3.39. The predicted octanol–water partition coefficient (Wildman–Crippen LogP) is 4.37. The van der Waals surface area contributed by atoms with Crippen molar-refractivity contribution in [1.29, 1.82) is 0 Å². The summed E-state index contributed by atoms with van der Waals surface area (Å²) in [5.74, 6) is 0.406. The van der Waals surface area contributed by atoms with E-state index in [1.54, 1.807) is 32.9 Å². The zero-order valence-corrected chi connectivity index (χ0v) is 23.2. The molecular formula is C31H29N5O4S. The minimum Gasteiger partial charge on any atom is -0.378 e. The number of morpholine rings is 1. The van der Waals surface area contributed by atoms with Gasteiger partial charge in [0.1, 0.15) is 11.5 Å². The fourth-order valence-corrected chi connectivity index (χ4v) is 7.14. The Balaban J connectivity index is 1.28. The number of aromatic nitrogens is 2. The number of anilines is 2. The Labute approximate surface area is 240 Å². The van der Waals surface area contributed by atoms with Crippen LogP contribution in [-0.4, -0.2) is 66.0 Å². The van der Waals surface area contributed by atoms with Crippen LogP contribution in [0.5, 0.6) is 0 Å². The molecule has 1 N–H and O–H groups in total. The number of nitrogens with one attached hydrogen (secondary N) is 1. The van der Waals surface area contributed by atoms with Gasteiger partial charge in [-0.05, 0) is 43.2 Å². The first-order valence-electron chi connectivity index (χ1n) is 13.9. The van der Waals surface area contributed by atoms with E-state index in [-0.39, 0.29) is 17.4 Å². The summed E-state index contributed by atoms with van der Waals surface area (Å²) in [5, 5.41) is 5.22. The van der Waals surface area contributed by atoms with Gasteiger partial charge in [-0.15, -0.1) is 11.3 Å². The van der Waals surface area contributed by atoms with Crippen LogP contribution in [0, 0.1) is 5.92 Å². The van der Waals surface area contributed by atoms with Crippen molar-refractivity contribution in [3.63, 3.8) is 0 Å². The maximum Gasteiger partial charge on any atom is 0.259 e. The predicted molar refractivity (Wildman–Crippen MR) is 162 cm³/mol. The number of likely N-dealkylation sites (tertiary alicyclic amines) is 1. The molecule has 0 radical (unpaired) electrons. The molecule has 1 unspecified atom stereocenters. The first-order chi connectivity index (χ1) is 20.1. The van der Waals surface area contributed by atoms with E-state index in [0.29, 0.717) is 50.9 Å². The lowest BCUT2D eigenvalue weighted by molar-refractivity contribution is -0.125. The third-order valence-electron chi connectivity index (χ3n) is 8.04. The second-order valence-electron chi connectivity index (χ2n) is 10.6. The summed E-state index contributed by atoms with van der Waals surface area (Å²) < 4.78 is 9.30. The summed E-state index contributed by atoms with van der Waals surface area (Å²) in [6.45, 7) is 3.79. The van der Waals surface area contributed by atoms with Gasteiger partial charge in [0.25, 0.3) is 5.56 Å². The number of carbonyl (C=O) groups is 2. The maximum absolute atomic E-state index is 13.1. The lowest BCUT2D eigenvalue weighted by Crippen LogP contribution is -2.39. The molecule has 0 aliphatic carbocycles. The monoisotopic (exact) mass is 567 g/mol. The highest BCUT2D eigenvalue weighted by atomic mass is 32.1. The molecule has 10 heteroatoms. The van der Waals surface area contributed by atoms with Crippen LogP contribution in [-0.2, 0) is 14.3 Å². The minimum atomic E-state index is -0.208. The Kier molecular flexibility index (Phi) is 6.64. The second kappa shape index (κ2) is 10.6. The summed E-state index contributed by atoms with van der Waals surface area (Å²) in [5.41, 5.74) is 3.15. The van der Waals surface area contributed by atoms with Crippen LogP contribution in [0.3, 0.4) is 0 Å². The van der Waals surface area contributed by atoms with Crippen LogP contribution in [0.4, 0.5) is 11.5 Å². The molecule has 0 saturated carbocycles. The number of piperidine rings is 1. The van der Waals surface area contributed by atoms with Crippen molar-refractivity contribution in [3.05, 3.63) is 71.1 Å². The van der Waals surface area contributed by atoms with Crippen LogP contribution in [0.15, 0.2) is 65.6 Å². The van der Waals surface area contributed by atoms with E-state index in [4.69, 9.17) is 9.72 Å². The Bertz CT molecular complexity index is 1860. The molecule has 2 aliphatic heterocycles. The SMILES string of the molecule is O=CN1CCCC(C(=O)Nc2ccc3sc4c(-c5cccn6c(=O)cc(N7CCOCC7)nc56)cccc4c3c2)C1. The number of carbonyl (C=O) groups excluding carboxylic acids is 2. The molecule has 2 aromatic carbocycles. The normalized spacial score (nSPS) is 17.8. The van der Waals surface area contributed by atoms with Crippen molar-refractivity contribution in [3.8, 4) is 11.1 Å². The number of nitrogens with zero attached hydrogens (tertiary/aromatic N) is 4. The van der Waals surface area contributed by atoms with Gasteiger partial charge in [0, 0.05) is 75.4 Å². The van der Waals surface area contributed by atoms with Gasteiger partial charge in [0.2, 0.25) is 12.3 Å². The molecule has 1 atom stereocenters. The van der Waals surface area contributed by atoms with Gasteiger partial charge in [-0.25, -0.2) is 4.98 Å². The highest BCUT2D eigenvalue weighted by Gasteiger charge is 2.25. The van der Waals surface area contributed by atoms with Crippen molar-refractivity contribution in [2.75, 3.05) is 49.6 Å². The molecule has 2 saturated heterocycles. The third-order valence-corrected chi connectivity index (χ3v) is 9.26. The number of thiophene rings is 1. The van der Waals surface area contributed by atoms with Gasteiger partial charge >= 0.3 is 0 Å². The summed E-state index contributed by atoms with van der Waals surface area (Å²) in [4.78, 5) is 46.1. The zero-order chi connectivity index (χ0) is 27.9. The van der Waals surface area contributed by atoms with E-state index in [9.17, 15) is 14.4 Å². The first kappa shape index (κ1) is 25.7. The minimum absolute atomic E-state index is 0.0560. The fourth-order valence-electron chi connectivity index (χ4n) is 5.93. The average molecular weight is 568 g/mol. The molecule has 2 aliphatic rings. The molecule has 2 amide bonds. The number of benzene rings is 2. The van der Waals surface area contributed by atoms with E-state index < -0.39 is 0 Å². The van der Waals surface area contributed by atoms with Crippen LogP contribution in [0.25, 0.3) is 36.9 Å². The van der Waals surface area contributed by atoms with Gasteiger partial charge in [-0.2, -0.15) is 0 Å². The molecule has 5 heterocycles. The lowest BCUT2D eigenvalue weighted by Gasteiger charge is -2.28. The molecule has 0 bridgehead atoms. The summed E-state index contributed by atoms with van der Waals surface area (Å²) in [6.07, 6.45) is 4.19. The van der Waals surface area contributed by atoms with Crippen molar-refractivity contribution >= 4 is 61.0 Å². The fraction of sp³-hybridized carbons (Fsp3) is 0.290. The van der Waals surface area contributed by atoms with Gasteiger partial charge in [-0.3, -0.25) is 18.8 Å². The Morgan fingerprint density at radius 1 is 1.02 bits per heavy atom. The topological polar surface area (TPSA) is 96.3 Å².